The molecule has 74 valence electrons. The summed E-state index contributed by atoms with van der Waals surface area (Å²) in [6, 6.07) is 1.84. The van der Waals surface area contributed by atoms with Gasteiger partial charge in [-0.3, -0.25) is 4.40 Å². The van der Waals surface area contributed by atoms with Gasteiger partial charge in [-0.1, -0.05) is 0 Å². The minimum absolute atomic E-state index is 0.434. The molecule has 0 atom stereocenters. The molecule has 2 aromatic heterocycles. The number of hydrogen-bond acceptors (Lipinski definition) is 4. The summed E-state index contributed by atoms with van der Waals surface area (Å²) < 4.78 is 12.0. The van der Waals surface area contributed by atoms with E-state index in [1.165, 1.54) is 0 Å². The molecule has 14 heavy (non-hydrogen) atoms. The maximum Gasteiger partial charge on any atom is 0.234 e. The highest BCUT2D eigenvalue weighted by Crippen LogP contribution is 2.15. The summed E-state index contributed by atoms with van der Waals surface area (Å²) in [5, 5.41) is 0. The zero-order chi connectivity index (χ0) is 9.97. The van der Waals surface area contributed by atoms with Crippen molar-refractivity contribution in [1.82, 2.24) is 14.4 Å². The lowest BCUT2D eigenvalue weighted by molar-refractivity contribution is -0.108. The highest BCUT2D eigenvalue weighted by Gasteiger charge is 2.13. The van der Waals surface area contributed by atoms with Gasteiger partial charge in [0.1, 0.15) is 5.69 Å². The second-order valence-corrected chi connectivity index (χ2v) is 2.80. The lowest BCUT2D eigenvalue weighted by Gasteiger charge is -2.08. The smallest absolute Gasteiger partial charge is 0.234 e. The van der Waals surface area contributed by atoms with Crippen LogP contribution in [0.15, 0.2) is 24.7 Å². The van der Waals surface area contributed by atoms with Crippen LogP contribution >= 0.6 is 0 Å². The predicted octanol–water partition coefficient (Wildman–Crippen LogP) is 1.02. The molecule has 0 unspecified atom stereocenters. The first kappa shape index (κ1) is 9.11. The summed E-state index contributed by atoms with van der Waals surface area (Å²) >= 11 is 0. The van der Waals surface area contributed by atoms with Crippen LogP contribution in [0.3, 0.4) is 0 Å². The molecule has 0 aromatic carbocycles. The molecule has 2 rings (SSSR count). The number of hydrogen-bond donors (Lipinski definition) is 0. The Kier molecular flexibility index (Phi) is 2.43. The maximum absolute atomic E-state index is 5.09. The fourth-order valence-corrected chi connectivity index (χ4v) is 1.30. The second-order valence-electron chi connectivity index (χ2n) is 2.80. The average Bonchev–Trinajstić information content (AvgIpc) is 2.63. The summed E-state index contributed by atoms with van der Waals surface area (Å²) in [4.78, 5) is 8.35. The highest BCUT2D eigenvalue weighted by atomic mass is 16.7. The van der Waals surface area contributed by atoms with E-state index in [1.54, 1.807) is 20.4 Å². The van der Waals surface area contributed by atoms with Crippen LogP contribution in [0.2, 0.25) is 0 Å². The van der Waals surface area contributed by atoms with E-state index in [1.807, 2.05) is 22.9 Å². The molecule has 0 aliphatic carbocycles. The molecule has 0 aliphatic heterocycles. The minimum Gasteiger partial charge on any atom is -0.350 e. The quantitative estimate of drug-likeness (QED) is 0.683. The molecule has 0 aliphatic rings. The predicted molar refractivity (Wildman–Crippen MR) is 49.7 cm³/mol. The van der Waals surface area contributed by atoms with Crippen molar-refractivity contribution < 1.29 is 9.47 Å². The average molecular weight is 193 g/mol. The molecule has 0 amide bonds. The van der Waals surface area contributed by atoms with Gasteiger partial charge in [-0.05, 0) is 6.07 Å². The zero-order valence-corrected chi connectivity index (χ0v) is 8.04. The van der Waals surface area contributed by atoms with E-state index in [0.717, 1.165) is 0 Å². The summed E-state index contributed by atoms with van der Waals surface area (Å²) in [6.07, 6.45) is 4.97. The van der Waals surface area contributed by atoms with E-state index in [9.17, 15) is 0 Å². The SMILES string of the molecule is COC(OC)c1cn2cccnc2n1. The Morgan fingerprint density at radius 2 is 2.14 bits per heavy atom. The van der Waals surface area contributed by atoms with Gasteiger partial charge in [0, 0.05) is 32.8 Å². The number of aromatic nitrogens is 3. The standard InChI is InChI=1S/C9H11N3O2/c1-13-8(14-2)7-6-12-5-3-4-10-9(12)11-7/h3-6,8H,1-2H3. The first-order valence-corrected chi connectivity index (χ1v) is 4.20. The lowest BCUT2D eigenvalue weighted by atomic mass is 10.5. The molecule has 2 aromatic rings. The van der Waals surface area contributed by atoms with Crippen LogP contribution in [-0.2, 0) is 9.47 Å². The molecule has 0 spiro atoms. The maximum atomic E-state index is 5.09. The van der Waals surface area contributed by atoms with Gasteiger partial charge in [-0.2, -0.15) is 0 Å². The van der Waals surface area contributed by atoms with Gasteiger partial charge in [-0.25, -0.2) is 9.97 Å². The van der Waals surface area contributed by atoms with Crippen molar-refractivity contribution in [2.75, 3.05) is 14.2 Å². The Labute approximate surface area is 81.3 Å². The van der Waals surface area contributed by atoms with Crippen molar-refractivity contribution >= 4 is 5.78 Å². The summed E-state index contributed by atoms with van der Waals surface area (Å²) in [7, 11) is 3.15. The number of nitrogens with zero attached hydrogens (tertiary/aromatic N) is 3. The molecule has 0 bridgehead atoms. The van der Waals surface area contributed by atoms with Crippen molar-refractivity contribution in [3.63, 3.8) is 0 Å². The van der Waals surface area contributed by atoms with E-state index >= 15 is 0 Å². The van der Waals surface area contributed by atoms with Gasteiger partial charge in [-0.15, -0.1) is 0 Å². The Hall–Kier alpha value is -1.46. The van der Waals surface area contributed by atoms with Crippen molar-refractivity contribution in [3.8, 4) is 0 Å². The van der Waals surface area contributed by atoms with Crippen molar-refractivity contribution in [3.05, 3.63) is 30.4 Å². The van der Waals surface area contributed by atoms with Crippen molar-refractivity contribution in [2.45, 2.75) is 6.29 Å². The molecule has 0 fully saturated rings. The van der Waals surface area contributed by atoms with Gasteiger partial charge in [0.25, 0.3) is 0 Å². The molecule has 0 saturated carbocycles. The molecule has 2 heterocycles. The third-order valence-electron chi connectivity index (χ3n) is 1.92. The topological polar surface area (TPSA) is 48.7 Å². The van der Waals surface area contributed by atoms with Gasteiger partial charge < -0.3 is 9.47 Å². The largest absolute Gasteiger partial charge is 0.350 e. The number of rotatable bonds is 3. The Morgan fingerprint density at radius 3 is 2.79 bits per heavy atom. The van der Waals surface area contributed by atoms with E-state index in [4.69, 9.17) is 9.47 Å². The zero-order valence-electron chi connectivity index (χ0n) is 8.04. The molecule has 5 nitrogen and oxygen atoms in total. The normalized spacial score (nSPS) is 11.4. The van der Waals surface area contributed by atoms with Crippen LogP contribution in [-0.4, -0.2) is 28.6 Å². The highest BCUT2D eigenvalue weighted by molar-refractivity contribution is 5.29. The van der Waals surface area contributed by atoms with E-state index in [-0.39, 0.29) is 0 Å². The van der Waals surface area contributed by atoms with E-state index < -0.39 is 6.29 Å². The Bertz CT molecular complexity index is 390. The van der Waals surface area contributed by atoms with Crippen LogP contribution in [0.4, 0.5) is 0 Å². The molecule has 5 heteroatoms. The van der Waals surface area contributed by atoms with E-state index in [0.29, 0.717) is 11.5 Å². The Morgan fingerprint density at radius 1 is 1.36 bits per heavy atom. The van der Waals surface area contributed by atoms with Crippen LogP contribution in [0, 0.1) is 0 Å². The van der Waals surface area contributed by atoms with Crippen molar-refractivity contribution in [2.24, 2.45) is 0 Å². The van der Waals surface area contributed by atoms with E-state index in [2.05, 4.69) is 9.97 Å². The summed E-state index contributed by atoms with van der Waals surface area (Å²) in [5.74, 6) is 0.640. The number of methoxy groups -OCH3 is 2. The fraction of sp³-hybridized carbons (Fsp3) is 0.333. The monoisotopic (exact) mass is 193 g/mol. The summed E-state index contributed by atoms with van der Waals surface area (Å²) in [5.41, 5.74) is 0.716. The van der Waals surface area contributed by atoms with Crippen LogP contribution in [0.5, 0.6) is 0 Å². The van der Waals surface area contributed by atoms with Gasteiger partial charge >= 0.3 is 0 Å². The molecular weight excluding hydrogens is 182 g/mol. The summed E-state index contributed by atoms with van der Waals surface area (Å²) in [6.45, 7) is 0. The van der Waals surface area contributed by atoms with Crippen LogP contribution in [0.25, 0.3) is 5.78 Å². The molecule has 0 saturated heterocycles. The lowest BCUT2D eigenvalue weighted by Crippen LogP contribution is -2.03. The van der Waals surface area contributed by atoms with Crippen LogP contribution in [0.1, 0.15) is 12.0 Å². The second kappa shape index (κ2) is 3.73. The number of ether oxygens (including phenoxy) is 2. The minimum atomic E-state index is -0.434. The fourth-order valence-electron chi connectivity index (χ4n) is 1.30. The third kappa shape index (κ3) is 1.47. The molecular formula is C9H11N3O2. The first-order chi connectivity index (χ1) is 6.85. The third-order valence-corrected chi connectivity index (χ3v) is 1.92. The molecule has 0 N–H and O–H groups in total. The van der Waals surface area contributed by atoms with Gasteiger partial charge in [0.2, 0.25) is 12.1 Å². The van der Waals surface area contributed by atoms with Gasteiger partial charge in [0.05, 0.1) is 0 Å². The number of imidazole rings is 1. The first-order valence-electron chi connectivity index (χ1n) is 4.20. The molecule has 0 radical (unpaired) electrons. The Balaban J connectivity index is 2.43. The van der Waals surface area contributed by atoms with Crippen molar-refractivity contribution in [1.29, 1.82) is 0 Å². The number of fused-ring (bicyclic) bond motifs is 1. The van der Waals surface area contributed by atoms with Gasteiger partial charge in [0.15, 0.2) is 0 Å². The van der Waals surface area contributed by atoms with Crippen LogP contribution < -0.4 is 0 Å².